The number of hydrogen-bond acceptors (Lipinski definition) is 5. The highest BCUT2D eigenvalue weighted by atomic mass is 32.2. The summed E-state index contributed by atoms with van der Waals surface area (Å²) in [5.41, 5.74) is 5.76. The first-order chi connectivity index (χ1) is 20.5. The smallest absolute Gasteiger partial charge is 0.262 e. The summed E-state index contributed by atoms with van der Waals surface area (Å²) in [5, 5.41) is 9.17. The minimum Gasteiger partial charge on any atom is -0.323 e. The fourth-order valence-corrected chi connectivity index (χ4v) is 6.99. The van der Waals surface area contributed by atoms with Crippen LogP contribution in [-0.2, 0) is 29.4 Å². The van der Waals surface area contributed by atoms with Crippen molar-refractivity contribution in [3.8, 4) is 6.07 Å². The molecular formula is C34H33N5O2S. The van der Waals surface area contributed by atoms with E-state index in [1.165, 1.54) is 12.8 Å². The van der Waals surface area contributed by atoms with E-state index in [9.17, 15) is 13.7 Å². The van der Waals surface area contributed by atoms with Crippen LogP contribution in [0.5, 0.6) is 0 Å². The molecule has 212 valence electrons. The molecule has 42 heavy (non-hydrogen) atoms. The topological polar surface area (TPSA) is 91.0 Å². The van der Waals surface area contributed by atoms with Crippen molar-refractivity contribution in [1.82, 2.24) is 14.5 Å². The molecule has 5 aromatic rings. The van der Waals surface area contributed by atoms with Gasteiger partial charge in [0.2, 0.25) is 0 Å². The first-order valence-electron chi connectivity index (χ1n) is 14.3. The molecule has 0 atom stereocenters. The number of nitrogens with zero attached hydrogens (tertiary/aromatic N) is 4. The van der Waals surface area contributed by atoms with E-state index in [2.05, 4.69) is 32.4 Å². The van der Waals surface area contributed by atoms with Gasteiger partial charge in [-0.25, -0.2) is 13.4 Å². The maximum Gasteiger partial charge on any atom is 0.262 e. The van der Waals surface area contributed by atoms with Gasteiger partial charge < -0.3 is 9.47 Å². The quantitative estimate of drug-likeness (QED) is 0.221. The van der Waals surface area contributed by atoms with Gasteiger partial charge in [0.05, 0.1) is 33.2 Å². The van der Waals surface area contributed by atoms with Crippen LogP contribution in [0.25, 0.3) is 11.0 Å². The Morgan fingerprint density at radius 1 is 0.857 bits per heavy atom. The first-order valence-corrected chi connectivity index (χ1v) is 15.8. The molecule has 7 nitrogen and oxygen atoms in total. The van der Waals surface area contributed by atoms with Crippen molar-refractivity contribution in [2.24, 2.45) is 0 Å². The van der Waals surface area contributed by atoms with Crippen molar-refractivity contribution in [3.05, 3.63) is 125 Å². The number of benzene rings is 4. The van der Waals surface area contributed by atoms with Crippen molar-refractivity contribution in [2.75, 3.05) is 24.4 Å². The molecule has 0 aliphatic carbocycles. The number of imidazole rings is 1. The molecule has 0 radical (unpaired) electrons. The molecular weight excluding hydrogens is 542 g/mol. The number of rotatable bonds is 10. The molecule has 1 saturated heterocycles. The molecule has 1 aromatic heterocycles. The maximum absolute atomic E-state index is 13.6. The van der Waals surface area contributed by atoms with Crippen LogP contribution in [0.15, 0.2) is 102 Å². The number of fused-ring (bicyclic) bond motifs is 1. The molecule has 0 amide bonds. The van der Waals surface area contributed by atoms with Crippen LogP contribution in [-0.4, -0.2) is 42.5 Å². The van der Waals surface area contributed by atoms with E-state index in [1.54, 1.807) is 18.2 Å². The summed E-state index contributed by atoms with van der Waals surface area (Å²) in [6.07, 6.45) is 3.69. The van der Waals surface area contributed by atoms with Gasteiger partial charge in [-0.1, -0.05) is 60.7 Å². The van der Waals surface area contributed by atoms with Crippen LogP contribution in [0.4, 0.5) is 5.69 Å². The van der Waals surface area contributed by atoms with Crippen LogP contribution in [0.3, 0.4) is 0 Å². The second-order valence-corrected chi connectivity index (χ2v) is 12.5. The number of aromatic nitrogens is 2. The number of sulfonamides is 1. The van der Waals surface area contributed by atoms with Gasteiger partial charge >= 0.3 is 0 Å². The number of likely N-dealkylation sites (tertiary alicyclic amines) is 1. The third-order valence-electron chi connectivity index (χ3n) is 7.87. The summed E-state index contributed by atoms with van der Waals surface area (Å²) in [4.78, 5) is 7.67. The Kier molecular flexibility index (Phi) is 8.04. The van der Waals surface area contributed by atoms with Gasteiger partial charge in [-0.2, -0.15) is 5.26 Å². The number of hydrogen-bond donors (Lipinski definition) is 1. The highest BCUT2D eigenvalue weighted by Crippen LogP contribution is 2.26. The van der Waals surface area contributed by atoms with E-state index in [1.807, 2.05) is 66.7 Å². The van der Waals surface area contributed by atoms with Crippen LogP contribution in [0.2, 0.25) is 0 Å². The molecule has 0 bridgehead atoms. The molecule has 0 spiro atoms. The zero-order chi connectivity index (χ0) is 28.9. The average molecular weight is 576 g/mol. The predicted octanol–water partition coefficient (Wildman–Crippen LogP) is 5.99. The van der Waals surface area contributed by atoms with E-state index in [0.717, 1.165) is 53.2 Å². The molecule has 1 aliphatic rings. The summed E-state index contributed by atoms with van der Waals surface area (Å²) < 4.78 is 32.2. The lowest BCUT2D eigenvalue weighted by Gasteiger charge is -2.17. The van der Waals surface area contributed by atoms with Crippen molar-refractivity contribution >= 4 is 26.7 Å². The second-order valence-electron chi connectivity index (χ2n) is 10.8. The van der Waals surface area contributed by atoms with Crippen molar-refractivity contribution < 1.29 is 8.42 Å². The summed E-state index contributed by atoms with van der Waals surface area (Å²) in [6, 6.07) is 32.7. The highest BCUT2D eigenvalue weighted by Gasteiger charge is 2.21. The van der Waals surface area contributed by atoms with Crippen LogP contribution >= 0.6 is 0 Å². The largest absolute Gasteiger partial charge is 0.323 e. The Morgan fingerprint density at radius 3 is 2.36 bits per heavy atom. The lowest BCUT2D eigenvalue weighted by Crippen LogP contribution is -2.23. The van der Waals surface area contributed by atoms with Gasteiger partial charge in [-0.15, -0.1) is 0 Å². The Bertz CT molecular complexity index is 1840. The molecule has 0 unspecified atom stereocenters. The fourth-order valence-electron chi connectivity index (χ4n) is 5.67. The Labute approximate surface area is 247 Å². The van der Waals surface area contributed by atoms with Crippen molar-refractivity contribution in [2.45, 2.75) is 37.1 Å². The van der Waals surface area contributed by atoms with Gasteiger partial charge in [0.1, 0.15) is 5.82 Å². The Balaban J connectivity index is 1.29. The monoisotopic (exact) mass is 575 g/mol. The van der Waals surface area contributed by atoms with Crippen LogP contribution < -0.4 is 4.72 Å². The zero-order valence-corrected chi connectivity index (χ0v) is 24.2. The predicted molar refractivity (Wildman–Crippen MR) is 166 cm³/mol. The van der Waals surface area contributed by atoms with E-state index >= 15 is 0 Å². The summed E-state index contributed by atoms with van der Waals surface area (Å²) >= 11 is 0. The first kappa shape index (κ1) is 27.7. The Hall–Kier alpha value is -4.45. The van der Waals surface area contributed by atoms with E-state index in [-0.39, 0.29) is 0 Å². The Morgan fingerprint density at radius 2 is 1.60 bits per heavy atom. The minimum absolute atomic E-state index is 0.320. The molecule has 0 saturated carbocycles. The van der Waals surface area contributed by atoms with Gasteiger partial charge in [-0.05, 0) is 85.4 Å². The number of nitrogens with one attached hydrogen (secondary N) is 1. The summed E-state index contributed by atoms with van der Waals surface area (Å²) in [7, 11) is -3.79. The van der Waals surface area contributed by atoms with Crippen LogP contribution in [0.1, 0.15) is 40.9 Å². The number of nitriles is 1. The zero-order valence-electron chi connectivity index (χ0n) is 23.4. The molecule has 2 heterocycles. The highest BCUT2D eigenvalue weighted by molar-refractivity contribution is 7.92. The van der Waals surface area contributed by atoms with E-state index in [0.29, 0.717) is 35.5 Å². The van der Waals surface area contributed by atoms with Crippen molar-refractivity contribution in [3.63, 3.8) is 0 Å². The third kappa shape index (κ3) is 6.23. The van der Waals surface area contributed by atoms with Crippen molar-refractivity contribution in [1.29, 1.82) is 5.26 Å². The van der Waals surface area contributed by atoms with Gasteiger partial charge in [0.15, 0.2) is 0 Å². The molecule has 6 rings (SSSR count). The van der Waals surface area contributed by atoms with Gasteiger partial charge in [-0.3, -0.25) is 4.72 Å². The molecule has 1 aliphatic heterocycles. The standard InChI is InChI=1S/C34H33N5O2S/c35-24-27-14-12-26(13-15-27)22-34-36-31-23-30(16-17-32(31)39(34)25-28-8-2-1-3-9-28)37-42(40,41)33-11-5-4-10-29(33)18-21-38-19-6-7-20-38/h1-5,8-17,23,37H,6-7,18-22,25H2. The molecule has 8 heteroatoms. The molecule has 1 fully saturated rings. The van der Waals surface area contributed by atoms with Crippen LogP contribution in [0, 0.1) is 11.3 Å². The van der Waals surface area contributed by atoms with E-state index in [4.69, 9.17) is 4.98 Å². The lowest BCUT2D eigenvalue weighted by atomic mass is 10.1. The lowest BCUT2D eigenvalue weighted by molar-refractivity contribution is 0.342. The number of anilines is 1. The fraction of sp³-hybridized carbons (Fsp3) is 0.235. The molecule has 1 N–H and O–H groups in total. The van der Waals surface area contributed by atoms with E-state index < -0.39 is 10.0 Å². The third-order valence-corrected chi connectivity index (χ3v) is 9.35. The average Bonchev–Trinajstić information content (AvgIpc) is 3.65. The summed E-state index contributed by atoms with van der Waals surface area (Å²) in [5.74, 6) is 0.867. The molecule has 4 aromatic carbocycles. The normalized spacial score (nSPS) is 13.8. The van der Waals surface area contributed by atoms with Gasteiger partial charge in [0, 0.05) is 19.5 Å². The van der Waals surface area contributed by atoms with Gasteiger partial charge in [0.25, 0.3) is 10.0 Å². The summed E-state index contributed by atoms with van der Waals surface area (Å²) in [6.45, 7) is 3.66. The SMILES string of the molecule is N#Cc1ccc(Cc2nc3cc(NS(=O)(=O)c4ccccc4CCN4CCCC4)ccc3n2Cc2ccccc2)cc1. The maximum atomic E-state index is 13.6. The second kappa shape index (κ2) is 12.2. The minimum atomic E-state index is -3.79.